The summed E-state index contributed by atoms with van der Waals surface area (Å²) in [5.41, 5.74) is 0.927. The van der Waals surface area contributed by atoms with E-state index < -0.39 is 42.7 Å². The summed E-state index contributed by atoms with van der Waals surface area (Å²) in [7, 11) is -7.47. The highest BCUT2D eigenvalue weighted by Gasteiger charge is 2.42. The Morgan fingerprint density at radius 2 is 1.93 bits per heavy atom. The molecule has 8 nitrogen and oxygen atoms in total. The lowest BCUT2D eigenvalue weighted by Gasteiger charge is -2.25. The largest absolute Gasteiger partial charge is 0.335 e. The standard InChI is InChI=1S/C17H22N2O6S2/c1-12(13-5-3-2-4-6-13)19-10-14(9-16(19)20)17(21)18-27(24,25)15-7-8-26(22,23)11-15/h2-6,12,14-15H,7-11H2,1H3,(H,18,21). The molecular formula is C17H22N2O6S2. The van der Waals surface area contributed by atoms with Crippen molar-refractivity contribution in [2.75, 3.05) is 18.1 Å². The number of hydrogen-bond donors (Lipinski definition) is 1. The summed E-state index contributed by atoms with van der Waals surface area (Å²) in [6, 6.07) is 9.13. The van der Waals surface area contributed by atoms with Gasteiger partial charge in [0.25, 0.3) is 0 Å². The van der Waals surface area contributed by atoms with Crippen LogP contribution in [0.15, 0.2) is 30.3 Å². The predicted molar refractivity (Wildman–Crippen MR) is 98.8 cm³/mol. The molecule has 0 aliphatic carbocycles. The van der Waals surface area contributed by atoms with Gasteiger partial charge in [-0.2, -0.15) is 0 Å². The van der Waals surface area contributed by atoms with Crippen molar-refractivity contribution >= 4 is 31.7 Å². The number of sulfone groups is 1. The molecule has 1 aromatic carbocycles. The number of likely N-dealkylation sites (tertiary alicyclic amines) is 1. The van der Waals surface area contributed by atoms with Crippen LogP contribution in [0.1, 0.15) is 31.4 Å². The van der Waals surface area contributed by atoms with Crippen molar-refractivity contribution in [3.05, 3.63) is 35.9 Å². The van der Waals surface area contributed by atoms with Crippen LogP contribution in [-0.4, -0.2) is 56.9 Å². The molecule has 3 atom stereocenters. The van der Waals surface area contributed by atoms with Gasteiger partial charge in [-0.3, -0.25) is 14.3 Å². The van der Waals surface area contributed by atoms with Crippen LogP contribution in [-0.2, 0) is 29.4 Å². The van der Waals surface area contributed by atoms with Crippen molar-refractivity contribution in [3.63, 3.8) is 0 Å². The van der Waals surface area contributed by atoms with E-state index in [2.05, 4.69) is 0 Å². The molecule has 0 bridgehead atoms. The number of benzene rings is 1. The third kappa shape index (κ3) is 4.32. The fourth-order valence-electron chi connectivity index (χ4n) is 3.51. The number of hydrogen-bond acceptors (Lipinski definition) is 6. The summed E-state index contributed by atoms with van der Waals surface area (Å²) in [5, 5.41) is -1.12. The third-order valence-corrected chi connectivity index (χ3v) is 8.90. The van der Waals surface area contributed by atoms with E-state index in [-0.39, 0.29) is 37.1 Å². The molecule has 1 aromatic rings. The SMILES string of the molecule is CC(c1ccccc1)N1CC(C(=O)NS(=O)(=O)C2CCS(=O)(=O)C2)CC1=O. The first kappa shape index (κ1) is 19.8. The van der Waals surface area contributed by atoms with Crippen molar-refractivity contribution in [1.82, 2.24) is 9.62 Å². The molecular weight excluding hydrogens is 392 g/mol. The van der Waals surface area contributed by atoms with Gasteiger partial charge in [-0.15, -0.1) is 0 Å². The van der Waals surface area contributed by atoms with Gasteiger partial charge in [0.15, 0.2) is 9.84 Å². The summed E-state index contributed by atoms with van der Waals surface area (Å²) in [4.78, 5) is 26.3. The molecule has 0 spiro atoms. The van der Waals surface area contributed by atoms with Crippen molar-refractivity contribution in [2.24, 2.45) is 5.92 Å². The fourth-order valence-corrected chi connectivity index (χ4v) is 7.58. The van der Waals surface area contributed by atoms with Crippen LogP contribution in [0.4, 0.5) is 0 Å². The number of sulfonamides is 1. The molecule has 2 heterocycles. The van der Waals surface area contributed by atoms with Crippen LogP contribution in [0.2, 0.25) is 0 Å². The lowest BCUT2D eigenvalue weighted by Crippen LogP contribution is -2.42. The summed E-state index contributed by atoms with van der Waals surface area (Å²) in [6.07, 6.45) is -0.0901. The Balaban J connectivity index is 1.65. The maximum Gasteiger partial charge on any atom is 0.238 e. The third-order valence-electron chi connectivity index (χ3n) is 5.15. The van der Waals surface area contributed by atoms with Gasteiger partial charge < -0.3 is 4.90 Å². The van der Waals surface area contributed by atoms with Crippen LogP contribution in [0.25, 0.3) is 0 Å². The fraction of sp³-hybridized carbons (Fsp3) is 0.529. The molecule has 0 aromatic heterocycles. The Morgan fingerprint density at radius 3 is 2.52 bits per heavy atom. The van der Waals surface area contributed by atoms with Crippen LogP contribution >= 0.6 is 0 Å². The van der Waals surface area contributed by atoms with Gasteiger partial charge in [-0.25, -0.2) is 16.8 Å². The van der Waals surface area contributed by atoms with Gasteiger partial charge in [0.05, 0.1) is 28.7 Å². The van der Waals surface area contributed by atoms with Crippen LogP contribution < -0.4 is 4.72 Å². The van der Waals surface area contributed by atoms with Gasteiger partial charge in [0.1, 0.15) is 0 Å². The topological polar surface area (TPSA) is 118 Å². The zero-order valence-corrected chi connectivity index (χ0v) is 16.5. The van der Waals surface area contributed by atoms with Crippen molar-refractivity contribution in [1.29, 1.82) is 0 Å². The number of carbonyl (C=O) groups is 2. The molecule has 2 saturated heterocycles. The van der Waals surface area contributed by atoms with E-state index in [9.17, 15) is 26.4 Å². The summed E-state index contributed by atoms with van der Waals surface area (Å²) >= 11 is 0. The maximum atomic E-state index is 12.4. The monoisotopic (exact) mass is 414 g/mol. The second-order valence-electron chi connectivity index (χ2n) is 7.07. The number of nitrogens with zero attached hydrogens (tertiary/aromatic N) is 1. The number of nitrogens with one attached hydrogen (secondary N) is 1. The minimum atomic E-state index is -4.08. The Hall–Kier alpha value is -1.94. The van der Waals surface area contributed by atoms with E-state index in [1.54, 1.807) is 4.90 Å². The van der Waals surface area contributed by atoms with Crippen LogP contribution in [0, 0.1) is 5.92 Å². The van der Waals surface area contributed by atoms with E-state index in [1.165, 1.54) is 0 Å². The number of amides is 2. The smallest absolute Gasteiger partial charge is 0.238 e. The Labute approximate surface area is 158 Å². The first-order valence-electron chi connectivity index (χ1n) is 8.69. The molecule has 1 N–H and O–H groups in total. The van der Waals surface area contributed by atoms with Crippen molar-refractivity contribution in [2.45, 2.75) is 31.1 Å². The van der Waals surface area contributed by atoms with Crippen LogP contribution in [0.3, 0.4) is 0 Å². The highest BCUT2D eigenvalue weighted by molar-refractivity contribution is 7.95. The minimum Gasteiger partial charge on any atom is -0.335 e. The molecule has 3 rings (SSSR count). The van der Waals surface area contributed by atoms with Crippen molar-refractivity contribution in [3.8, 4) is 0 Å². The van der Waals surface area contributed by atoms with Crippen LogP contribution in [0.5, 0.6) is 0 Å². The Kier molecular flexibility index (Phi) is 5.31. The second kappa shape index (κ2) is 7.23. The molecule has 2 aliphatic heterocycles. The normalized spacial score (nSPS) is 26.1. The molecule has 2 fully saturated rings. The predicted octanol–water partition coefficient (Wildman–Crippen LogP) is 0.229. The molecule has 0 saturated carbocycles. The van der Waals surface area contributed by atoms with Crippen molar-refractivity contribution < 1.29 is 26.4 Å². The van der Waals surface area contributed by atoms with E-state index in [0.717, 1.165) is 5.56 Å². The maximum absolute atomic E-state index is 12.4. The molecule has 2 aliphatic rings. The van der Waals surface area contributed by atoms with E-state index >= 15 is 0 Å². The Morgan fingerprint density at radius 1 is 1.26 bits per heavy atom. The zero-order valence-electron chi connectivity index (χ0n) is 14.9. The number of rotatable bonds is 5. The lowest BCUT2D eigenvalue weighted by atomic mass is 10.1. The highest BCUT2D eigenvalue weighted by Crippen LogP contribution is 2.29. The average Bonchev–Trinajstić information content (AvgIpc) is 3.17. The van der Waals surface area contributed by atoms with E-state index in [1.807, 2.05) is 42.0 Å². The summed E-state index contributed by atoms with van der Waals surface area (Å²) in [5.74, 6) is -2.42. The number of carbonyl (C=O) groups excluding carboxylic acids is 2. The van der Waals surface area contributed by atoms with Gasteiger partial charge in [0.2, 0.25) is 21.8 Å². The lowest BCUT2D eigenvalue weighted by molar-refractivity contribution is -0.130. The molecule has 148 valence electrons. The molecule has 27 heavy (non-hydrogen) atoms. The van der Waals surface area contributed by atoms with Gasteiger partial charge in [0, 0.05) is 13.0 Å². The second-order valence-corrected chi connectivity index (χ2v) is 11.3. The average molecular weight is 415 g/mol. The quantitative estimate of drug-likeness (QED) is 0.737. The molecule has 2 amide bonds. The first-order chi connectivity index (χ1) is 12.6. The molecule has 3 unspecified atom stereocenters. The highest BCUT2D eigenvalue weighted by atomic mass is 32.2. The van der Waals surface area contributed by atoms with Gasteiger partial charge in [-0.1, -0.05) is 30.3 Å². The summed E-state index contributed by atoms with van der Waals surface area (Å²) < 4.78 is 49.6. The van der Waals surface area contributed by atoms with E-state index in [0.29, 0.717) is 0 Å². The molecule has 0 radical (unpaired) electrons. The summed E-state index contributed by atoms with van der Waals surface area (Å²) in [6.45, 7) is 1.98. The zero-order chi connectivity index (χ0) is 19.8. The minimum absolute atomic E-state index is 0.0221. The Bertz CT molecular complexity index is 943. The van der Waals surface area contributed by atoms with Gasteiger partial charge >= 0.3 is 0 Å². The van der Waals surface area contributed by atoms with Gasteiger partial charge in [-0.05, 0) is 18.9 Å². The van der Waals surface area contributed by atoms with E-state index in [4.69, 9.17) is 0 Å². The molecule has 10 heteroatoms. The first-order valence-corrected chi connectivity index (χ1v) is 12.1.